The number of halogens is 1. The molecule has 2 N–H and O–H groups in total. The molecule has 0 aromatic carbocycles. The van der Waals surface area contributed by atoms with Gasteiger partial charge in [-0.15, -0.1) is 0 Å². The molecule has 0 radical (unpaired) electrons. The van der Waals surface area contributed by atoms with E-state index in [1.807, 2.05) is 0 Å². The Kier molecular flexibility index (Phi) is 4.06. The van der Waals surface area contributed by atoms with Crippen molar-refractivity contribution in [1.29, 1.82) is 0 Å². The highest BCUT2D eigenvalue weighted by atomic mass is 35.5. The first-order chi connectivity index (χ1) is 7.69. The van der Waals surface area contributed by atoms with Gasteiger partial charge in [0.15, 0.2) is 0 Å². The minimum Gasteiger partial charge on any atom is -1.00 e. The highest BCUT2D eigenvalue weighted by molar-refractivity contribution is 5.02. The van der Waals surface area contributed by atoms with E-state index in [1.165, 1.54) is 38.5 Å². The highest BCUT2D eigenvalue weighted by Gasteiger charge is 2.50. The molecule has 4 aliphatic carbocycles. The minimum absolute atomic E-state index is 0. The second-order valence-electron chi connectivity index (χ2n) is 6.88. The van der Waals surface area contributed by atoms with E-state index in [0.717, 1.165) is 24.3 Å². The molecule has 0 heterocycles. The molecule has 4 rings (SSSR count). The zero-order valence-corrected chi connectivity index (χ0v) is 11.5. The molecule has 4 fully saturated rings. The molecule has 17 heavy (non-hydrogen) atoms. The van der Waals surface area contributed by atoms with Crippen LogP contribution in [-0.4, -0.2) is 24.3 Å². The molecule has 0 aliphatic heterocycles. The average molecular weight is 259 g/mol. The Balaban J connectivity index is 0.00000108. The van der Waals surface area contributed by atoms with Crippen LogP contribution in [0.1, 0.15) is 45.4 Å². The summed E-state index contributed by atoms with van der Waals surface area (Å²) in [6.45, 7) is 3.51. The number of aliphatic hydroxyl groups excluding tert-OH is 1. The van der Waals surface area contributed by atoms with Crippen LogP contribution in [0.25, 0.3) is 0 Å². The third-order valence-corrected chi connectivity index (χ3v) is 5.26. The van der Waals surface area contributed by atoms with Crippen LogP contribution in [0.3, 0.4) is 0 Å². The Bertz CT molecular complexity index is 234. The van der Waals surface area contributed by atoms with Crippen LogP contribution >= 0.6 is 0 Å². The maximum absolute atomic E-state index is 9.09. The summed E-state index contributed by atoms with van der Waals surface area (Å²) in [5.41, 5.74) is 0.609. The third kappa shape index (κ3) is 2.64. The van der Waals surface area contributed by atoms with Crippen molar-refractivity contribution in [2.75, 3.05) is 13.2 Å². The molecular formula is C14H25ClNO-. The maximum Gasteiger partial charge on any atom is 0.0581 e. The predicted molar refractivity (Wildman–Crippen MR) is 65.2 cm³/mol. The van der Waals surface area contributed by atoms with Crippen molar-refractivity contribution < 1.29 is 17.5 Å². The molecule has 4 bridgehead atoms. The van der Waals surface area contributed by atoms with Crippen molar-refractivity contribution in [2.45, 2.75) is 51.5 Å². The Hall–Kier alpha value is 0.210. The van der Waals surface area contributed by atoms with Gasteiger partial charge in [-0.1, -0.05) is 0 Å². The lowest BCUT2D eigenvalue weighted by Gasteiger charge is -2.57. The van der Waals surface area contributed by atoms with E-state index in [4.69, 9.17) is 5.11 Å². The second-order valence-corrected chi connectivity index (χ2v) is 6.88. The first kappa shape index (κ1) is 13.6. The van der Waals surface area contributed by atoms with Gasteiger partial charge in [0.05, 0.1) is 6.61 Å². The van der Waals surface area contributed by atoms with Crippen molar-refractivity contribution in [3.05, 3.63) is 0 Å². The Morgan fingerprint density at radius 2 is 1.59 bits per heavy atom. The molecule has 0 aromatic rings. The minimum atomic E-state index is 0. The number of hydrogen-bond acceptors (Lipinski definition) is 2. The molecule has 2 nitrogen and oxygen atoms in total. The van der Waals surface area contributed by atoms with Crippen LogP contribution in [0.5, 0.6) is 0 Å². The van der Waals surface area contributed by atoms with Gasteiger partial charge in [-0.2, -0.15) is 0 Å². The maximum atomic E-state index is 9.09. The SMILES string of the molecule is CC(CO)NCC12CC3CC(CC(C3)C1)C2.[Cl-]. The van der Waals surface area contributed by atoms with E-state index in [2.05, 4.69) is 12.2 Å². The van der Waals surface area contributed by atoms with Gasteiger partial charge in [0, 0.05) is 12.6 Å². The van der Waals surface area contributed by atoms with Crippen molar-refractivity contribution in [3.63, 3.8) is 0 Å². The molecule has 0 amide bonds. The molecule has 0 aromatic heterocycles. The molecule has 0 spiro atoms. The van der Waals surface area contributed by atoms with E-state index >= 15 is 0 Å². The van der Waals surface area contributed by atoms with Gasteiger partial charge in [-0.3, -0.25) is 0 Å². The Morgan fingerprint density at radius 1 is 1.12 bits per heavy atom. The van der Waals surface area contributed by atoms with Crippen molar-refractivity contribution in [2.24, 2.45) is 23.2 Å². The summed E-state index contributed by atoms with van der Waals surface area (Å²) in [5, 5.41) is 12.6. The van der Waals surface area contributed by atoms with Crippen molar-refractivity contribution >= 4 is 0 Å². The quantitative estimate of drug-likeness (QED) is 0.691. The smallest absolute Gasteiger partial charge is 0.0581 e. The number of nitrogens with one attached hydrogen (secondary N) is 1. The largest absolute Gasteiger partial charge is 1.00 e. The fourth-order valence-corrected chi connectivity index (χ4v) is 4.96. The van der Waals surface area contributed by atoms with Gasteiger partial charge in [0.1, 0.15) is 0 Å². The van der Waals surface area contributed by atoms with E-state index in [0.29, 0.717) is 5.41 Å². The zero-order chi connectivity index (χ0) is 11.2. The molecular weight excluding hydrogens is 234 g/mol. The monoisotopic (exact) mass is 258 g/mol. The predicted octanol–water partition coefficient (Wildman–Crippen LogP) is -0.823. The normalized spacial score (nSPS) is 44.5. The van der Waals surface area contributed by atoms with Gasteiger partial charge in [0.2, 0.25) is 0 Å². The Labute approximate surface area is 111 Å². The lowest BCUT2D eigenvalue weighted by atomic mass is 9.49. The van der Waals surface area contributed by atoms with Crippen molar-refractivity contribution in [3.8, 4) is 0 Å². The van der Waals surface area contributed by atoms with E-state index in [-0.39, 0.29) is 25.1 Å². The molecule has 1 unspecified atom stereocenters. The van der Waals surface area contributed by atoms with Crippen LogP contribution in [0, 0.1) is 23.2 Å². The number of rotatable bonds is 4. The first-order valence-corrected chi connectivity index (χ1v) is 7.03. The molecule has 4 saturated carbocycles. The van der Waals surface area contributed by atoms with Crippen LogP contribution in [0.15, 0.2) is 0 Å². The fourth-order valence-electron chi connectivity index (χ4n) is 4.96. The van der Waals surface area contributed by atoms with E-state index < -0.39 is 0 Å². The molecule has 3 heteroatoms. The lowest BCUT2D eigenvalue weighted by molar-refractivity contribution is -0.0528. The summed E-state index contributed by atoms with van der Waals surface area (Å²) in [7, 11) is 0. The van der Waals surface area contributed by atoms with Gasteiger partial charge >= 0.3 is 0 Å². The van der Waals surface area contributed by atoms with Crippen LogP contribution in [0.4, 0.5) is 0 Å². The molecule has 0 saturated heterocycles. The first-order valence-electron chi connectivity index (χ1n) is 7.03. The lowest BCUT2D eigenvalue weighted by Crippen LogP contribution is -3.00. The average Bonchev–Trinajstić information content (AvgIpc) is 2.24. The van der Waals surface area contributed by atoms with Gasteiger partial charge < -0.3 is 22.8 Å². The van der Waals surface area contributed by atoms with Gasteiger partial charge in [-0.05, 0) is 68.6 Å². The molecule has 1 atom stereocenters. The van der Waals surface area contributed by atoms with Gasteiger partial charge in [-0.25, -0.2) is 0 Å². The number of aliphatic hydroxyl groups is 1. The van der Waals surface area contributed by atoms with Crippen LogP contribution in [0.2, 0.25) is 0 Å². The van der Waals surface area contributed by atoms with E-state index in [9.17, 15) is 0 Å². The summed E-state index contributed by atoms with van der Waals surface area (Å²) >= 11 is 0. The van der Waals surface area contributed by atoms with Gasteiger partial charge in [0.25, 0.3) is 0 Å². The Morgan fingerprint density at radius 3 is 2.00 bits per heavy atom. The fraction of sp³-hybridized carbons (Fsp3) is 1.00. The molecule has 100 valence electrons. The standard InChI is InChI=1S/C14H25NO.ClH/c1-10(8-16)15-9-14-5-11-2-12(6-14)4-13(3-11)7-14;/h10-13,15-16H,2-9H2,1H3;1H/p-1. The summed E-state index contributed by atoms with van der Waals surface area (Å²) < 4.78 is 0. The van der Waals surface area contributed by atoms with Crippen LogP contribution < -0.4 is 17.7 Å². The highest BCUT2D eigenvalue weighted by Crippen LogP contribution is 2.59. The third-order valence-electron chi connectivity index (χ3n) is 5.26. The second kappa shape index (κ2) is 5.07. The summed E-state index contributed by atoms with van der Waals surface area (Å²) in [6.07, 6.45) is 8.96. The zero-order valence-electron chi connectivity index (χ0n) is 10.8. The topological polar surface area (TPSA) is 32.3 Å². The summed E-state index contributed by atoms with van der Waals surface area (Å²) in [6, 6.07) is 0.271. The van der Waals surface area contributed by atoms with Crippen molar-refractivity contribution in [1.82, 2.24) is 5.32 Å². The van der Waals surface area contributed by atoms with E-state index in [1.54, 1.807) is 0 Å². The summed E-state index contributed by atoms with van der Waals surface area (Å²) in [4.78, 5) is 0. The number of hydrogen-bond donors (Lipinski definition) is 2. The molecule has 4 aliphatic rings. The van der Waals surface area contributed by atoms with Crippen LogP contribution in [-0.2, 0) is 0 Å². The summed E-state index contributed by atoms with van der Waals surface area (Å²) in [5.74, 6) is 3.12.